The van der Waals surface area contributed by atoms with Crippen LogP contribution in [0.2, 0.25) is 10.0 Å². The van der Waals surface area contributed by atoms with Gasteiger partial charge < -0.3 is 54.0 Å². The van der Waals surface area contributed by atoms with Crippen molar-refractivity contribution in [3.05, 3.63) is 58.1 Å². The lowest BCUT2D eigenvalue weighted by molar-refractivity contribution is -0.117. The summed E-state index contributed by atoms with van der Waals surface area (Å²) in [7, 11) is 0. The molecule has 3 aromatic rings. The van der Waals surface area contributed by atoms with Crippen molar-refractivity contribution in [3.8, 4) is 0 Å². The Hall–Kier alpha value is -5.84. The molecule has 60 heavy (non-hydrogen) atoms. The number of nitrogens with zero attached hydrogens (tertiary/aromatic N) is 2. The highest BCUT2D eigenvalue weighted by molar-refractivity contribution is 7.99. The largest absolute Gasteiger partial charge is 0.370 e. The number of nitrogens with two attached hydrogens (primary N) is 2. The Kier molecular flexibility index (Phi) is 21.3. The molecule has 2 aromatic carbocycles. The van der Waals surface area contributed by atoms with Gasteiger partial charge in [0.05, 0.1) is 32.5 Å². The molecule has 6 amide bonds. The number of amides is 6. The van der Waals surface area contributed by atoms with Crippen molar-refractivity contribution in [2.45, 2.75) is 48.3 Å². The van der Waals surface area contributed by atoms with Crippen LogP contribution in [0, 0.1) is 10.8 Å². The molecule has 0 saturated carbocycles. The van der Waals surface area contributed by atoms with Crippen molar-refractivity contribution in [3.63, 3.8) is 0 Å². The first kappa shape index (κ1) is 48.5. The second kappa shape index (κ2) is 26.3. The molecule has 1 heterocycles. The Labute approximate surface area is 364 Å². The molecule has 0 aliphatic heterocycles. The normalized spacial score (nSPS) is 10.4. The van der Waals surface area contributed by atoms with E-state index in [1.54, 1.807) is 0 Å². The molecular weight excluding hydrogens is 860 g/mol. The first-order valence-corrected chi connectivity index (χ1v) is 21.0. The topological polar surface area (TPSA) is 324 Å². The molecule has 0 atom stereocenters. The van der Waals surface area contributed by atoms with Gasteiger partial charge in [-0.1, -0.05) is 23.2 Å². The minimum absolute atomic E-state index is 0.154. The van der Waals surface area contributed by atoms with Crippen molar-refractivity contribution < 1.29 is 28.8 Å². The lowest BCUT2D eigenvalue weighted by Crippen LogP contribution is -2.31. The zero-order valence-electron chi connectivity index (χ0n) is 32.2. The third-order valence-corrected chi connectivity index (χ3v) is 10.4. The van der Waals surface area contributed by atoms with Crippen molar-refractivity contribution in [2.75, 3.05) is 59.0 Å². The summed E-state index contributed by atoms with van der Waals surface area (Å²) in [5.41, 5.74) is 11.3. The van der Waals surface area contributed by atoms with Crippen LogP contribution >= 0.6 is 46.7 Å². The number of benzene rings is 2. The molecular formula is C36H46Cl2N14O6S2. The van der Waals surface area contributed by atoms with Crippen LogP contribution in [0.4, 0.5) is 22.7 Å². The molecule has 322 valence electrons. The smallest absolute Gasteiger partial charge is 0.274 e. The maximum atomic E-state index is 13.7. The highest BCUT2D eigenvalue weighted by atomic mass is 35.5. The van der Waals surface area contributed by atoms with E-state index in [1.807, 2.05) is 0 Å². The summed E-state index contributed by atoms with van der Waals surface area (Å²) in [6, 6.07) is 7.21. The Morgan fingerprint density at radius 2 is 0.983 bits per heavy atom. The monoisotopic (exact) mass is 904 g/mol. The van der Waals surface area contributed by atoms with E-state index in [4.69, 9.17) is 45.5 Å². The average molecular weight is 906 g/mol. The molecule has 0 saturated heterocycles. The van der Waals surface area contributed by atoms with Crippen LogP contribution in [0.25, 0.3) is 0 Å². The number of rotatable bonds is 26. The van der Waals surface area contributed by atoms with Gasteiger partial charge in [0, 0.05) is 66.6 Å². The molecule has 14 N–H and O–H groups in total. The van der Waals surface area contributed by atoms with Crippen LogP contribution in [-0.4, -0.2) is 96.0 Å². The van der Waals surface area contributed by atoms with E-state index >= 15 is 0 Å². The molecule has 0 spiro atoms. The molecule has 1 aromatic heterocycles. The highest BCUT2D eigenvalue weighted by Crippen LogP contribution is 2.39. The average Bonchev–Trinajstić information content (AvgIpc) is 3.19. The fourth-order valence-corrected chi connectivity index (χ4v) is 7.43. The number of carbonyl (C=O) groups excluding carboxylic acids is 6. The van der Waals surface area contributed by atoms with Gasteiger partial charge in [-0.05, 0) is 49.9 Å². The molecule has 0 radical (unpaired) electrons. The van der Waals surface area contributed by atoms with Gasteiger partial charge in [-0.25, -0.2) is 9.97 Å². The number of halogens is 2. The number of aromatic nitrogens is 2. The fourth-order valence-electron chi connectivity index (χ4n) is 5.08. The Morgan fingerprint density at radius 1 is 0.600 bits per heavy atom. The zero-order chi connectivity index (χ0) is 43.9. The molecule has 0 aliphatic rings. The summed E-state index contributed by atoms with van der Waals surface area (Å²) in [6.07, 6.45) is 4.63. The number of unbranched alkanes of at least 4 members (excludes halogenated alkanes) is 2. The van der Waals surface area contributed by atoms with E-state index in [0.717, 1.165) is 6.33 Å². The van der Waals surface area contributed by atoms with Crippen LogP contribution in [0.3, 0.4) is 0 Å². The molecule has 0 unspecified atom stereocenters. The summed E-state index contributed by atoms with van der Waals surface area (Å²) in [6.45, 7) is 1.42. The summed E-state index contributed by atoms with van der Waals surface area (Å²) in [4.78, 5) is 83.8. The molecule has 0 fully saturated rings. The summed E-state index contributed by atoms with van der Waals surface area (Å²) in [5.74, 6) is -1.70. The summed E-state index contributed by atoms with van der Waals surface area (Å²) in [5, 5.41) is 36.5. The molecule has 0 bridgehead atoms. The summed E-state index contributed by atoms with van der Waals surface area (Å²) >= 11 is 15.4. The van der Waals surface area contributed by atoms with Gasteiger partial charge in [0.25, 0.3) is 11.8 Å². The second-order valence-electron chi connectivity index (χ2n) is 12.4. The van der Waals surface area contributed by atoms with Gasteiger partial charge in [0.2, 0.25) is 24.6 Å². The summed E-state index contributed by atoms with van der Waals surface area (Å²) < 4.78 is 0. The quantitative estimate of drug-likeness (QED) is 0.0181. The van der Waals surface area contributed by atoms with Crippen LogP contribution < -0.4 is 54.0 Å². The number of nitrogens with one attached hydrogen (secondary N) is 10. The van der Waals surface area contributed by atoms with Crippen LogP contribution in [0.1, 0.15) is 59.5 Å². The minimum atomic E-state index is -0.736. The van der Waals surface area contributed by atoms with Crippen molar-refractivity contribution in [2.24, 2.45) is 11.5 Å². The Balaban J connectivity index is 1.83. The van der Waals surface area contributed by atoms with Crippen LogP contribution in [-0.2, 0) is 19.2 Å². The van der Waals surface area contributed by atoms with E-state index in [2.05, 4.69) is 52.5 Å². The van der Waals surface area contributed by atoms with Gasteiger partial charge in [-0.2, -0.15) is 0 Å². The Bertz CT molecular complexity index is 1890. The number of hydrogen-bond donors (Lipinski definition) is 12. The van der Waals surface area contributed by atoms with E-state index in [0.29, 0.717) is 84.3 Å². The maximum absolute atomic E-state index is 13.7. The minimum Gasteiger partial charge on any atom is -0.370 e. The first-order chi connectivity index (χ1) is 28.8. The maximum Gasteiger partial charge on any atom is 0.274 e. The predicted octanol–water partition coefficient (Wildman–Crippen LogP) is 3.15. The molecule has 20 nitrogen and oxygen atoms in total. The second-order valence-corrected chi connectivity index (χ2v) is 15.5. The van der Waals surface area contributed by atoms with E-state index in [-0.39, 0.29) is 82.5 Å². The molecule has 24 heteroatoms. The molecule has 3 rings (SSSR count). The lowest BCUT2D eigenvalue weighted by Gasteiger charge is -2.17. The number of carbonyl (C=O) groups is 6. The van der Waals surface area contributed by atoms with Gasteiger partial charge in [-0.3, -0.25) is 39.6 Å². The van der Waals surface area contributed by atoms with Crippen LogP contribution in [0.15, 0.2) is 46.5 Å². The van der Waals surface area contributed by atoms with E-state index in [1.165, 1.54) is 53.9 Å². The lowest BCUT2D eigenvalue weighted by atomic mass is 10.2. The van der Waals surface area contributed by atoms with Gasteiger partial charge in [-0.15, -0.1) is 23.5 Å². The highest BCUT2D eigenvalue weighted by Gasteiger charge is 2.21. The van der Waals surface area contributed by atoms with Gasteiger partial charge in [0.1, 0.15) is 17.7 Å². The Morgan fingerprint density at radius 3 is 1.35 bits per heavy atom. The third kappa shape index (κ3) is 17.6. The van der Waals surface area contributed by atoms with Crippen molar-refractivity contribution in [1.82, 2.24) is 31.2 Å². The standard InChI is InChI=1S/C36H46Cl2N14O6S2/c37-21-13-23(49-29(55)5-1-3-7-45-35(39)40)31(59-11-9-43-19-53)25(15-21)51-33(57)27-17-28(48-18-47-27)34(58)52-26-16-22(38)14-24(32(26)60-12-10-44-20-54)50-30(56)6-2-4-8-46-36(41)42/h13-20H,1-12H2,(H,43,53)(H,44,54)(H,49,55)(H,50,56)(H,51,57)(H,52,58)(H4,39,40,45)(H4,41,42,46). The first-order valence-electron chi connectivity index (χ1n) is 18.3. The third-order valence-electron chi connectivity index (χ3n) is 7.73. The van der Waals surface area contributed by atoms with Crippen molar-refractivity contribution >= 4 is 118 Å². The zero-order valence-corrected chi connectivity index (χ0v) is 35.3. The number of anilines is 4. The number of guanidine groups is 2. The van der Waals surface area contributed by atoms with Crippen LogP contribution in [0.5, 0.6) is 0 Å². The van der Waals surface area contributed by atoms with Gasteiger partial charge in [0.15, 0.2) is 11.9 Å². The molecule has 0 aliphatic carbocycles. The van der Waals surface area contributed by atoms with Gasteiger partial charge >= 0.3 is 0 Å². The fraction of sp³-hybridized carbons (Fsp3) is 0.333. The predicted molar refractivity (Wildman–Crippen MR) is 235 cm³/mol. The van der Waals surface area contributed by atoms with Crippen molar-refractivity contribution in [1.29, 1.82) is 10.8 Å². The van der Waals surface area contributed by atoms with E-state index < -0.39 is 11.8 Å². The number of hydrogen-bond acceptors (Lipinski definition) is 12. The van der Waals surface area contributed by atoms with E-state index in [9.17, 15) is 28.8 Å². The SMILES string of the molecule is N=C(N)NCCCCC(=O)Nc1cc(Cl)cc(NC(=O)c2cc(C(=O)Nc3cc(Cl)cc(NC(=O)CCCCNC(=N)N)c3SCCNC=O)ncn2)c1SCCNC=O. The number of thioether (sulfide) groups is 2.